The van der Waals surface area contributed by atoms with Crippen molar-refractivity contribution in [2.45, 2.75) is 26.3 Å². The molecule has 0 aromatic carbocycles. The summed E-state index contributed by atoms with van der Waals surface area (Å²) in [5, 5.41) is 8.36. The zero-order valence-corrected chi connectivity index (χ0v) is 7.02. The van der Waals surface area contributed by atoms with Crippen molar-refractivity contribution in [3.05, 3.63) is 0 Å². The van der Waals surface area contributed by atoms with Crippen LogP contribution >= 0.6 is 12.4 Å². The molecule has 0 spiro atoms. The van der Waals surface area contributed by atoms with Gasteiger partial charge in [-0.25, -0.2) is 0 Å². The smallest absolute Gasteiger partial charge is 0.320 e. The molecule has 3 nitrogen and oxygen atoms in total. The van der Waals surface area contributed by atoms with Crippen molar-refractivity contribution in [3.8, 4) is 0 Å². The Morgan fingerprint density at radius 3 is 2.20 bits per heavy atom. The summed E-state index contributed by atoms with van der Waals surface area (Å²) in [4.78, 5) is 10.2. The lowest BCUT2D eigenvalue weighted by Gasteiger charge is -2.11. The summed E-state index contributed by atoms with van der Waals surface area (Å²) < 4.78 is 0. The van der Waals surface area contributed by atoms with Crippen LogP contribution in [0.3, 0.4) is 0 Å². The molecule has 0 aromatic heterocycles. The van der Waals surface area contributed by atoms with E-state index in [2.05, 4.69) is 0 Å². The maximum absolute atomic E-state index is 10.2. The molecule has 62 valence electrons. The second-order valence-electron chi connectivity index (χ2n) is 2.25. The summed E-state index contributed by atoms with van der Waals surface area (Å²) in [5.74, 6) is -0.841. The normalized spacial score (nSPS) is 15.1. The van der Waals surface area contributed by atoms with Crippen LogP contribution in [-0.2, 0) is 4.79 Å². The third-order valence-electron chi connectivity index (χ3n) is 1.54. The van der Waals surface area contributed by atoms with Gasteiger partial charge in [0, 0.05) is 0 Å². The number of rotatable bonds is 3. The van der Waals surface area contributed by atoms with Crippen LogP contribution in [0.1, 0.15) is 20.3 Å². The van der Waals surface area contributed by atoms with Crippen LogP contribution < -0.4 is 5.73 Å². The highest BCUT2D eigenvalue weighted by Crippen LogP contribution is 2.04. The monoisotopic (exact) mass is 167 g/mol. The van der Waals surface area contributed by atoms with E-state index in [0.29, 0.717) is 0 Å². The Hall–Kier alpha value is -0.280. The Kier molecular flexibility index (Phi) is 6.82. The fraction of sp³-hybridized carbons (Fsp3) is 0.833. The minimum absolute atomic E-state index is 0. The van der Waals surface area contributed by atoms with Crippen molar-refractivity contribution in [2.75, 3.05) is 0 Å². The average molecular weight is 168 g/mol. The Bertz CT molecular complexity index is 108. The van der Waals surface area contributed by atoms with Crippen LogP contribution in [0.25, 0.3) is 0 Å². The van der Waals surface area contributed by atoms with E-state index in [0.717, 1.165) is 6.42 Å². The van der Waals surface area contributed by atoms with Crippen molar-refractivity contribution in [1.82, 2.24) is 0 Å². The van der Waals surface area contributed by atoms with Crippen LogP contribution in [0, 0.1) is 5.92 Å². The lowest BCUT2D eigenvalue weighted by Crippen LogP contribution is -2.36. The quantitative estimate of drug-likeness (QED) is 0.656. The minimum Gasteiger partial charge on any atom is -0.480 e. The van der Waals surface area contributed by atoms with Gasteiger partial charge in [0.2, 0.25) is 0 Å². The molecule has 3 N–H and O–H groups in total. The van der Waals surface area contributed by atoms with E-state index in [1.165, 1.54) is 0 Å². The van der Waals surface area contributed by atoms with Gasteiger partial charge in [-0.2, -0.15) is 0 Å². The zero-order chi connectivity index (χ0) is 7.44. The number of aliphatic carboxylic acids is 1. The van der Waals surface area contributed by atoms with Gasteiger partial charge >= 0.3 is 5.97 Å². The summed E-state index contributed by atoms with van der Waals surface area (Å²) in [7, 11) is 0. The molecule has 0 rings (SSSR count). The van der Waals surface area contributed by atoms with Gasteiger partial charge in [0.1, 0.15) is 6.04 Å². The summed E-state index contributed by atoms with van der Waals surface area (Å²) in [6.07, 6.45) is 0.813. The minimum atomic E-state index is -0.913. The molecular formula is C6H14ClNO2. The molecule has 4 heteroatoms. The van der Waals surface area contributed by atoms with Gasteiger partial charge in [0.15, 0.2) is 0 Å². The highest BCUT2D eigenvalue weighted by molar-refractivity contribution is 5.85. The Labute approximate surface area is 67.0 Å². The first kappa shape index (κ1) is 12.4. The largest absolute Gasteiger partial charge is 0.480 e. The second-order valence-corrected chi connectivity index (χ2v) is 2.25. The van der Waals surface area contributed by atoms with Crippen molar-refractivity contribution < 1.29 is 9.90 Å². The second kappa shape index (κ2) is 5.50. The average Bonchev–Trinajstić information content (AvgIpc) is 1.84. The highest BCUT2D eigenvalue weighted by Gasteiger charge is 2.17. The number of hydrogen-bond acceptors (Lipinski definition) is 2. The third-order valence-corrected chi connectivity index (χ3v) is 1.54. The van der Waals surface area contributed by atoms with Crippen LogP contribution in [0.4, 0.5) is 0 Å². The van der Waals surface area contributed by atoms with E-state index < -0.39 is 12.0 Å². The fourth-order valence-corrected chi connectivity index (χ4v) is 0.497. The van der Waals surface area contributed by atoms with Crippen molar-refractivity contribution in [1.29, 1.82) is 0 Å². The van der Waals surface area contributed by atoms with Gasteiger partial charge in [-0.15, -0.1) is 12.4 Å². The SMILES string of the molecule is CC[C@H](C)[C@@H](N)C(=O)O.Cl. The van der Waals surface area contributed by atoms with E-state index in [1.807, 2.05) is 13.8 Å². The molecule has 10 heavy (non-hydrogen) atoms. The van der Waals surface area contributed by atoms with Gasteiger partial charge in [-0.1, -0.05) is 20.3 Å². The molecule has 0 aliphatic rings. The first-order chi connectivity index (χ1) is 4.09. The van der Waals surface area contributed by atoms with E-state index in [-0.39, 0.29) is 18.3 Å². The van der Waals surface area contributed by atoms with E-state index >= 15 is 0 Å². The number of carbonyl (C=O) groups is 1. The van der Waals surface area contributed by atoms with Gasteiger partial charge in [-0.05, 0) is 5.92 Å². The van der Waals surface area contributed by atoms with Gasteiger partial charge < -0.3 is 10.8 Å². The van der Waals surface area contributed by atoms with Crippen LogP contribution in [0.15, 0.2) is 0 Å². The Morgan fingerprint density at radius 2 is 2.10 bits per heavy atom. The predicted molar refractivity (Wildman–Crippen MR) is 42.3 cm³/mol. The van der Waals surface area contributed by atoms with Crippen molar-refractivity contribution in [3.63, 3.8) is 0 Å². The Balaban J connectivity index is 0. The zero-order valence-electron chi connectivity index (χ0n) is 6.20. The molecule has 0 fully saturated rings. The highest BCUT2D eigenvalue weighted by atomic mass is 35.5. The number of halogens is 1. The molecule has 0 aliphatic heterocycles. The van der Waals surface area contributed by atoms with Gasteiger partial charge in [0.25, 0.3) is 0 Å². The molecular weight excluding hydrogens is 154 g/mol. The lowest BCUT2D eigenvalue weighted by molar-refractivity contribution is -0.139. The summed E-state index contributed by atoms with van der Waals surface area (Å²) >= 11 is 0. The van der Waals surface area contributed by atoms with Crippen LogP contribution in [0.5, 0.6) is 0 Å². The number of nitrogens with two attached hydrogens (primary N) is 1. The molecule has 0 saturated carbocycles. The standard InChI is InChI=1S/C6H13NO2.ClH/c1-3-4(2)5(7)6(8)9;/h4-5H,3,7H2,1-2H3,(H,8,9);1H/t4-,5+;/m0./s1. The fourth-order valence-electron chi connectivity index (χ4n) is 0.497. The molecule has 0 radical (unpaired) electrons. The summed E-state index contributed by atoms with van der Waals surface area (Å²) in [6, 6.07) is -0.699. The molecule has 2 atom stereocenters. The van der Waals surface area contributed by atoms with Crippen LogP contribution in [-0.4, -0.2) is 17.1 Å². The van der Waals surface area contributed by atoms with Gasteiger partial charge in [0.05, 0.1) is 0 Å². The molecule has 0 unspecified atom stereocenters. The Morgan fingerprint density at radius 1 is 1.70 bits per heavy atom. The number of carboxylic acid groups (broad SMARTS) is 1. The molecule has 0 saturated heterocycles. The lowest BCUT2D eigenvalue weighted by atomic mass is 10.0. The molecule has 0 amide bonds. The summed E-state index contributed by atoms with van der Waals surface area (Å²) in [6.45, 7) is 3.76. The third kappa shape index (κ3) is 3.69. The molecule has 0 aliphatic carbocycles. The topological polar surface area (TPSA) is 63.3 Å². The summed E-state index contributed by atoms with van der Waals surface area (Å²) in [5.41, 5.74) is 5.27. The van der Waals surface area contributed by atoms with E-state index in [4.69, 9.17) is 10.8 Å². The van der Waals surface area contributed by atoms with Gasteiger partial charge in [-0.3, -0.25) is 4.79 Å². The molecule has 0 heterocycles. The van der Waals surface area contributed by atoms with Crippen molar-refractivity contribution >= 4 is 18.4 Å². The maximum Gasteiger partial charge on any atom is 0.320 e. The maximum atomic E-state index is 10.2. The first-order valence-corrected chi connectivity index (χ1v) is 3.08. The van der Waals surface area contributed by atoms with E-state index in [1.54, 1.807) is 0 Å². The van der Waals surface area contributed by atoms with E-state index in [9.17, 15) is 4.79 Å². The van der Waals surface area contributed by atoms with Crippen LogP contribution in [0.2, 0.25) is 0 Å². The molecule has 0 aromatic rings. The number of carboxylic acids is 1. The predicted octanol–water partition coefficient (Wildman–Crippen LogP) is 0.866. The van der Waals surface area contributed by atoms with Crippen molar-refractivity contribution in [2.24, 2.45) is 11.7 Å². The first-order valence-electron chi connectivity index (χ1n) is 3.08. The molecule has 0 bridgehead atoms. The number of hydrogen-bond donors (Lipinski definition) is 2.